The predicted octanol–water partition coefficient (Wildman–Crippen LogP) is 2.38. The van der Waals surface area contributed by atoms with Crippen LogP contribution in [0.15, 0.2) is 30.3 Å². The van der Waals surface area contributed by atoms with E-state index in [4.69, 9.17) is 4.74 Å². The standard InChI is InChI=1S/C19H29N3O2/c23-19(21-14-18-7-4-12-24-18)20-13-16-8-10-22(11-9-16)15-17-5-2-1-3-6-17/h1-3,5-6,16,18H,4,7-15H2,(H2,20,21,23)/t18-/m0/s1. The Bertz CT molecular complexity index is 495. The maximum Gasteiger partial charge on any atom is 0.314 e. The molecule has 0 saturated carbocycles. The first-order valence-corrected chi connectivity index (χ1v) is 9.19. The number of ether oxygens (including phenoxy) is 1. The average molecular weight is 331 g/mol. The van der Waals surface area contributed by atoms with Crippen molar-refractivity contribution in [2.24, 2.45) is 5.92 Å². The summed E-state index contributed by atoms with van der Waals surface area (Å²) in [6.07, 6.45) is 4.67. The van der Waals surface area contributed by atoms with Crippen molar-refractivity contribution in [3.8, 4) is 0 Å². The molecule has 1 aromatic carbocycles. The van der Waals surface area contributed by atoms with Gasteiger partial charge in [0.25, 0.3) is 0 Å². The molecule has 24 heavy (non-hydrogen) atoms. The second-order valence-corrected chi connectivity index (χ2v) is 6.93. The Morgan fingerprint density at radius 2 is 1.83 bits per heavy atom. The largest absolute Gasteiger partial charge is 0.376 e. The van der Waals surface area contributed by atoms with Crippen molar-refractivity contribution in [2.45, 2.75) is 38.3 Å². The van der Waals surface area contributed by atoms with Crippen LogP contribution in [0.4, 0.5) is 4.79 Å². The highest BCUT2D eigenvalue weighted by Gasteiger charge is 2.20. The van der Waals surface area contributed by atoms with Gasteiger partial charge in [0, 0.05) is 26.2 Å². The number of rotatable bonds is 6. The first kappa shape index (κ1) is 17.2. The lowest BCUT2D eigenvalue weighted by Crippen LogP contribution is -2.43. The highest BCUT2D eigenvalue weighted by molar-refractivity contribution is 5.73. The first-order chi connectivity index (χ1) is 11.8. The maximum atomic E-state index is 11.9. The highest BCUT2D eigenvalue weighted by Crippen LogP contribution is 2.18. The van der Waals surface area contributed by atoms with E-state index in [1.54, 1.807) is 0 Å². The van der Waals surface area contributed by atoms with Gasteiger partial charge in [-0.3, -0.25) is 4.90 Å². The number of carbonyl (C=O) groups excluding carboxylic acids is 1. The van der Waals surface area contributed by atoms with Crippen molar-refractivity contribution >= 4 is 6.03 Å². The van der Waals surface area contributed by atoms with E-state index < -0.39 is 0 Å². The molecular weight excluding hydrogens is 302 g/mol. The molecule has 0 aromatic heterocycles. The lowest BCUT2D eigenvalue weighted by atomic mass is 9.96. The van der Waals surface area contributed by atoms with E-state index >= 15 is 0 Å². The molecule has 2 amide bonds. The zero-order valence-corrected chi connectivity index (χ0v) is 14.4. The van der Waals surface area contributed by atoms with Gasteiger partial charge in [-0.2, -0.15) is 0 Å². The van der Waals surface area contributed by atoms with Crippen LogP contribution in [0.2, 0.25) is 0 Å². The fourth-order valence-electron chi connectivity index (χ4n) is 3.50. The lowest BCUT2D eigenvalue weighted by Gasteiger charge is -2.32. The average Bonchev–Trinajstić information content (AvgIpc) is 3.14. The van der Waals surface area contributed by atoms with Gasteiger partial charge in [-0.1, -0.05) is 30.3 Å². The van der Waals surface area contributed by atoms with Gasteiger partial charge in [0.1, 0.15) is 0 Å². The number of amides is 2. The molecule has 0 unspecified atom stereocenters. The minimum atomic E-state index is -0.0581. The van der Waals surface area contributed by atoms with Gasteiger partial charge in [0.05, 0.1) is 6.10 Å². The van der Waals surface area contributed by atoms with E-state index in [0.717, 1.165) is 58.5 Å². The zero-order chi connectivity index (χ0) is 16.6. The van der Waals surface area contributed by atoms with Crippen molar-refractivity contribution in [3.05, 3.63) is 35.9 Å². The summed E-state index contributed by atoms with van der Waals surface area (Å²) in [5.41, 5.74) is 1.38. The Morgan fingerprint density at radius 3 is 2.54 bits per heavy atom. The fourth-order valence-corrected chi connectivity index (χ4v) is 3.50. The third-order valence-corrected chi connectivity index (χ3v) is 5.02. The first-order valence-electron chi connectivity index (χ1n) is 9.19. The Kier molecular flexibility index (Phi) is 6.49. The van der Waals surface area contributed by atoms with Crippen LogP contribution in [-0.4, -0.2) is 49.8 Å². The van der Waals surface area contributed by atoms with Crippen molar-refractivity contribution in [1.82, 2.24) is 15.5 Å². The normalized spacial score (nSPS) is 22.4. The molecule has 5 heteroatoms. The summed E-state index contributed by atoms with van der Waals surface area (Å²) < 4.78 is 5.51. The molecule has 0 bridgehead atoms. The Balaban J connectivity index is 1.28. The van der Waals surface area contributed by atoms with Crippen molar-refractivity contribution < 1.29 is 9.53 Å². The Labute approximate surface area is 144 Å². The minimum Gasteiger partial charge on any atom is -0.376 e. The van der Waals surface area contributed by atoms with Gasteiger partial charge in [-0.25, -0.2) is 4.79 Å². The molecule has 2 aliphatic heterocycles. The van der Waals surface area contributed by atoms with Gasteiger partial charge in [-0.05, 0) is 50.3 Å². The number of nitrogens with zero attached hydrogens (tertiary/aromatic N) is 1. The molecule has 2 N–H and O–H groups in total. The summed E-state index contributed by atoms with van der Waals surface area (Å²) in [6.45, 7) is 5.48. The molecule has 0 spiro atoms. The molecule has 2 aliphatic rings. The van der Waals surface area contributed by atoms with Gasteiger partial charge < -0.3 is 15.4 Å². The second kappa shape index (κ2) is 9.04. The third-order valence-electron chi connectivity index (χ3n) is 5.02. The van der Waals surface area contributed by atoms with Gasteiger partial charge >= 0.3 is 6.03 Å². The number of piperidine rings is 1. The van der Waals surface area contributed by atoms with Crippen LogP contribution in [0.1, 0.15) is 31.2 Å². The molecule has 2 heterocycles. The zero-order valence-electron chi connectivity index (χ0n) is 14.4. The van der Waals surface area contributed by atoms with E-state index in [2.05, 4.69) is 45.9 Å². The van der Waals surface area contributed by atoms with Gasteiger partial charge in [0.2, 0.25) is 0 Å². The topological polar surface area (TPSA) is 53.6 Å². The van der Waals surface area contributed by atoms with E-state index in [1.807, 2.05) is 0 Å². The number of carbonyl (C=O) groups is 1. The van der Waals surface area contributed by atoms with Crippen LogP contribution < -0.4 is 10.6 Å². The third kappa shape index (κ3) is 5.49. The molecule has 1 aromatic rings. The van der Waals surface area contributed by atoms with E-state index in [0.29, 0.717) is 12.5 Å². The predicted molar refractivity (Wildman–Crippen MR) is 94.8 cm³/mol. The molecular formula is C19H29N3O2. The summed E-state index contributed by atoms with van der Waals surface area (Å²) in [6, 6.07) is 10.6. The molecule has 2 fully saturated rings. The van der Waals surface area contributed by atoms with Crippen LogP contribution in [-0.2, 0) is 11.3 Å². The van der Waals surface area contributed by atoms with Crippen LogP contribution in [0.25, 0.3) is 0 Å². The number of urea groups is 1. The second-order valence-electron chi connectivity index (χ2n) is 6.93. The van der Waals surface area contributed by atoms with Crippen LogP contribution in [0.5, 0.6) is 0 Å². The summed E-state index contributed by atoms with van der Waals surface area (Å²) in [5, 5.41) is 5.94. The molecule has 132 valence electrons. The summed E-state index contributed by atoms with van der Waals surface area (Å²) >= 11 is 0. The molecule has 5 nitrogen and oxygen atoms in total. The number of likely N-dealkylation sites (tertiary alicyclic amines) is 1. The van der Waals surface area contributed by atoms with Crippen LogP contribution in [0, 0.1) is 5.92 Å². The summed E-state index contributed by atoms with van der Waals surface area (Å²) in [7, 11) is 0. The van der Waals surface area contributed by atoms with Crippen LogP contribution in [0.3, 0.4) is 0 Å². The minimum absolute atomic E-state index is 0.0581. The smallest absolute Gasteiger partial charge is 0.314 e. The van der Waals surface area contributed by atoms with E-state index in [-0.39, 0.29) is 12.1 Å². The SMILES string of the molecule is O=C(NCC1CCN(Cc2ccccc2)CC1)NC[C@@H]1CCCO1. The quantitative estimate of drug-likeness (QED) is 0.841. The van der Waals surface area contributed by atoms with E-state index in [1.165, 1.54) is 5.56 Å². The maximum absolute atomic E-state index is 11.9. The van der Waals surface area contributed by atoms with Gasteiger partial charge in [0.15, 0.2) is 0 Å². The molecule has 0 aliphatic carbocycles. The van der Waals surface area contributed by atoms with Crippen molar-refractivity contribution in [1.29, 1.82) is 0 Å². The Hall–Kier alpha value is -1.59. The number of hydrogen-bond acceptors (Lipinski definition) is 3. The molecule has 2 saturated heterocycles. The van der Waals surface area contributed by atoms with Crippen molar-refractivity contribution in [3.63, 3.8) is 0 Å². The molecule has 3 rings (SSSR count). The lowest BCUT2D eigenvalue weighted by molar-refractivity contribution is 0.111. The van der Waals surface area contributed by atoms with Crippen LogP contribution >= 0.6 is 0 Å². The monoisotopic (exact) mass is 331 g/mol. The number of benzene rings is 1. The Morgan fingerprint density at radius 1 is 1.08 bits per heavy atom. The molecule has 0 radical (unpaired) electrons. The highest BCUT2D eigenvalue weighted by atomic mass is 16.5. The summed E-state index contributed by atoms with van der Waals surface area (Å²) in [5.74, 6) is 0.588. The number of nitrogens with one attached hydrogen (secondary N) is 2. The molecule has 1 atom stereocenters. The summed E-state index contributed by atoms with van der Waals surface area (Å²) in [4.78, 5) is 14.4. The number of hydrogen-bond donors (Lipinski definition) is 2. The fraction of sp³-hybridized carbons (Fsp3) is 0.632. The van der Waals surface area contributed by atoms with Gasteiger partial charge in [-0.15, -0.1) is 0 Å². The van der Waals surface area contributed by atoms with Crippen molar-refractivity contribution in [2.75, 3.05) is 32.8 Å². The van der Waals surface area contributed by atoms with E-state index in [9.17, 15) is 4.79 Å².